The van der Waals surface area contributed by atoms with Crippen molar-refractivity contribution in [2.24, 2.45) is 0 Å². The fourth-order valence-corrected chi connectivity index (χ4v) is 5.10. The lowest BCUT2D eigenvalue weighted by Crippen LogP contribution is -2.75. The van der Waals surface area contributed by atoms with Crippen LogP contribution in [0.25, 0.3) is 16.8 Å². The molecule has 0 radical (unpaired) electrons. The number of hydrogen-bond donors (Lipinski definition) is 1. The van der Waals surface area contributed by atoms with Gasteiger partial charge in [-0.1, -0.05) is 30.3 Å². The summed E-state index contributed by atoms with van der Waals surface area (Å²) in [7, 11) is 0. The highest BCUT2D eigenvalue weighted by Crippen LogP contribution is 2.68. The number of halogens is 1. The molecule has 0 saturated heterocycles. The normalized spacial score (nSPS) is 26.2. The van der Waals surface area contributed by atoms with Gasteiger partial charge in [0.25, 0.3) is 0 Å². The van der Waals surface area contributed by atoms with Gasteiger partial charge in [0.15, 0.2) is 5.58 Å². The lowest BCUT2D eigenvalue weighted by Gasteiger charge is -2.69. The molecule has 0 amide bonds. The van der Waals surface area contributed by atoms with Gasteiger partial charge in [0.2, 0.25) is 5.89 Å². The zero-order valence-electron chi connectivity index (χ0n) is 14.5. The molecule has 3 nitrogen and oxygen atoms in total. The third-order valence-electron chi connectivity index (χ3n) is 5.67. The van der Waals surface area contributed by atoms with Crippen molar-refractivity contribution in [3.8, 4) is 0 Å². The molecule has 3 saturated carbocycles. The van der Waals surface area contributed by atoms with Crippen molar-refractivity contribution >= 4 is 40.2 Å². The summed E-state index contributed by atoms with van der Waals surface area (Å²) in [6, 6.07) is 14.1. The van der Waals surface area contributed by atoms with Gasteiger partial charge in [-0.05, 0) is 61.4 Å². The lowest BCUT2D eigenvalue weighted by molar-refractivity contribution is -0.0922. The quantitative estimate of drug-likeness (QED) is 0.579. The van der Waals surface area contributed by atoms with E-state index in [9.17, 15) is 0 Å². The number of nitrogens with zero attached hydrogens (tertiary/aromatic N) is 1. The number of fused-ring (bicyclic) bond motifs is 1. The molecule has 3 aromatic rings. The van der Waals surface area contributed by atoms with Gasteiger partial charge in [0.05, 0.1) is 5.41 Å². The van der Waals surface area contributed by atoms with Crippen molar-refractivity contribution in [3.63, 3.8) is 0 Å². The van der Waals surface area contributed by atoms with Crippen molar-refractivity contribution in [2.75, 3.05) is 6.26 Å². The van der Waals surface area contributed by atoms with Crippen LogP contribution in [0, 0.1) is 0 Å². The van der Waals surface area contributed by atoms with E-state index in [0.29, 0.717) is 5.02 Å². The van der Waals surface area contributed by atoms with E-state index < -0.39 is 0 Å². The average Bonchev–Trinajstić information content (AvgIpc) is 2.99. The topological polar surface area (TPSA) is 38.1 Å². The lowest BCUT2D eigenvalue weighted by atomic mass is 9.39. The van der Waals surface area contributed by atoms with Crippen LogP contribution in [-0.4, -0.2) is 16.8 Å². The summed E-state index contributed by atoms with van der Waals surface area (Å²) in [6.07, 6.45) is 5.22. The molecule has 3 aliphatic carbocycles. The van der Waals surface area contributed by atoms with Crippen LogP contribution >= 0.6 is 23.4 Å². The minimum atomic E-state index is 0.0832. The number of hydrogen-bond acceptors (Lipinski definition) is 4. The Labute approximate surface area is 161 Å². The van der Waals surface area contributed by atoms with Crippen LogP contribution < -0.4 is 5.32 Å². The predicted octanol–water partition coefficient (Wildman–Crippen LogP) is 5.64. The van der Waals surface area contributed by atoms with E-state index in [1.165, 1.54) is 4.90 Å². The molecule has 0 atom stereocenters. The second-order valence-electron chi connectivity index (χ2n) is 7.56. The third kappa shape index (κ3) is 2.39. The molecule has 3 fully saturated rings. The molecule has 26 heavy (non-hydrogen) atoms. The summed E-state index contributed by atoms with van der Waals surface area (Å²) in [6.45, 7) is 4.26. The first kappa shape index (κ1) is 16.3. The Morgan fingerprint density at radius 2 is 2.04 bits per heavy atom. The monoisotopic (exact) mass is 382 g/mol. The number of oxazole rings is 1. The smallest absolute Gasteiger partial charge is 0.201 e. The first-order valence-corrected chi connectivity index (χ1v) is 10.3. The van der Waals surface area contributed by atoms with E-state index in [2.05, 4.69) is 42.4 Å². The second kappa shape index (κ2) is 5.54. The van der Waals surface area contributed by atoms with Gasteiger partial charge >= 0.3 is 0 Å². The number of rotatable bonds is 5. The molecule has 3 aliphatic rings. The van der Waals surface area contributed by atoms with Crippen LogP contribution in [0.3, 0.4) is 0 Å². The van der Waals surface area contributed by atoms with E-state index in [-0.39, 0.29) is 11.0 Å². The Hall–Kier alpha value is -1.91. The molecular formula is C21H19ClN2OS. The van der Waals surface area contributed by atoms with Crippen LogP contribution in [0.4, 0.5) is 0 Å². The Balaban J connectivity index is 1.31. The molecule has 2 aromatic carbocycles. The van der Waals surface area contributed by atoms with Crippen LogP contribution in [-0.2, 0) is 5.41 Å². The number of benzene rings is 2. The molecule has 1 N–H and O–H groups in total. The zero-order valence-corrected chi connectivity index (χ0v) is 16.1. The maximum Gasteiger partial charge on any atom is 0.201 e. The van der Waals surface area contributed by atoms with E-state index in [1.807, 2.05) is 18.2 Å². The highest BCUT2D eigenvalue weighted by molar-refractivity contribution is 7.98. The van der Waals surface area contributed by atoms with E-state index in [0.717, 1.165) is 47.5 Å². The Morgan fingerprint density at radius 1 is 1.23 bits per heavy atom. The maximum absolute atomic E-state index is 6.06. The predicted molar refractivity (Wildman–Crippen MR) is 108 cm³/mol. The minimum absolute atomic E-state index is 0.0832. The fraction of sp³-hybridized carbons (Fsp3) is 0.286. The first-order chi connectivity index (χ1) is 12.5. The zero-order chi connectivity index (χ0) is 17.9. The maximum atomic E-state index is 6.06. The van der Waals surface area contributed by atoms with Gasteiger partial charge in [0, 0.05) is 21.2 Å². The first-order valence-electron chi connectivity index (χ1n) is 8.69. The van der Waals surface area contributed by atoms with Gasteiger partial charge < -0.3 is 9.73 Å². The number of nitrogens with one attached hydrogen (secondary N) is 1. The van der Waals surface area contributed by atoms with E-state index >= 15 is 0 Å². The molecule has 1 aromatic heterocycles. The molecule has 0 spiro atoms. The summed E-state index contributed by atoms with van der Waals surface area (Å²) in [5.74, 6) is 0.855. The molecule has 132 valence electrons. The molecule has 0 aliphatic heterocycles. The van der Waals surface area contributed by atoms with Crippen molar-refractivity contribution < 1.29 is 4.42 Å². The summed E-state index contributed by atoms with van der Waals surface area (Å²) >= 11 is 7.80. The highest BCUT2D eigenvalue weighted by atomic mass is 35.5. The van der Waals surface area contributed by atoms with Crippen molar-refractivity contribution in [3.05, 3.63) is 65.5 Å². The molecular weight excluding hydrogens is 364 g/mol. The summed E-state index contributed by atoms with van der Waals surface area (Å²) < 4.78 is 6.01. The van der Waals surface area contributed by atoms with Gasteiger partial charge in [-0.3, -0.25) is 0 Å². The molecule has 6 rings (SSSR count). The largest absolute Gasteiger partial charge is 0.440 e. The van der Waals surface area contributed by atoms with Gasteiger partial charge in [-0.2, -0.15) is 0 Å². The summed E-state index contributed by atoms with van der Waals surface area (Å²) in [5, 5.41) is 4.36. The number of aromatic nitrogens is 1. The van der Waals surface area contributed by atoms with Crippen molar-refractivity contribution in [1.82, 2.24) is 10.3 Å². The third-order valence-corrected chi connectivity index (χ3v) is 6.63. The fourth-order valence-electron chi connectivity index (χ4n) is 4.48. The SMILES string of the molecule is C=C(NC12CC(c3nc4cc(Cl)ccc4o3)(C1)C2)c1cccc(SC)c1. The standard InChI is InChI=1S/C21H19ClN2OS/c1-13(14-4-3-5-16(8-14)26-2)24-21-10-20(11-21,12-21)19-23-17-9-15(22)6-7-18(17)25-19/h3-9,24H,1,10-12H2,2H3. The van der Waals surface area contributed by atoms with Gasteiger partial charge in [-0.25, -0.2) is 4.98 Å². The van der Waals surface area contributed by atoms with Gasteiger partial charge in [0.1, 0.15) is 5.52 Å². The van der Waals surface area contributed by atoms with Crippen molar-refractivity contribution in [2.45, 2.75) is 35.1 Å². The molecule has 1 heterocycles. The van der Waals surface area contributed by atoms with Crippen molar-refractivity contribution in [1.29, 1.82) is 0 Å². The Kier molecular flexibility index (Phi) is 3.47. The summed E-state index contributed by atoms with van der Waals surface area (Å²) in [4.78, 5) is 5.95. The van der Waals surface area contributed by atoms with Crippen LogP contribution in [0.1, 0.15) is 30.7 Å². The van der Waals surface area contributed by atoms with E-state index in [1.54, 1.807) is 11.8 Å². The summed E-state index contributed by atoms with van der Waals surface area (Å²) in [5.41, 5.74) is 4.04. The molecule has 0 unspecified atom stereocenters. The van der Waals surface area contributed by atoms with E-state index in [4.69, 9.17) is 21.0 Å². The van der Waals surface area contributed by atoms with Crippen LogP contribution in [0.15, 0.2) is 58.4 Å². The second-order valence-corrected chi connectivity index (χ2v) is 8.87. The average molecular weight is 383 g/mol. The van der Waals surface area contributed by atoms with Crippen LogP contribution in [0.2, 0.25) is 5.02 Å². The minimum Gasteiger partial charge on any atom is -0.440 e. The molecule has 2 bridgehead atoms. The number of thioether (sulfide) groups is 1. The van der Waals surface area contributed by atoms with Gasteiger partial charge in [-0.15, -0.1) is 11.8 Å². The highest BCUT2D eigenvalue weighted by Gasteiger charge is 2.71. The van der Waals surface area contributed by atoms with Crippen LogP contribution in [0.5, 0.6) is 0 Å². The Bertz CT molecular complexity index is 1020. The Morgan fingerprint density at radius 3 is 2.81 bits per heavy atom. The molecule has 5 heteroatoms.